The minimum atomic E-state index is -3.59. The summed E-state index contributed by atoms with van der Waals surface area (Å²) < 4.78 is 30.0. The quantitative estimate of drug-likeness (QED) is 0.757. The molecule has 1 aromatic carbocycles. The molecule has 2 fully saturated rings. The minimum Gasteiger partial charge on any atom is -0.257 e. The Hall–Kier alpha value is -1.74. The van der Waals surface area contributed by atoms with Gasteiger partial charge in [-0.25, -0.2) is 17.8 Å². The van der Waals surface area contributed by atoms with Gasteiger partial charge in [0.25, 0.3) is 0 Å². The number of fused-ring (bicyclic) bond motifs is 1. The fourth-order valence-electron chi connectivity index (χ4n) is 3.83. The van der Waals surface area contributed by atoms with E-state index >= 15 is 0 Å². The Morgan fingerprint density at radius 1 is 1.24 bits per heavy atom. The van der Waals surface area contributed by atoms with Crippen molar-refractivity contribution in [1.82, 2.24) is 25.4 Å². The summed E-state index contributed by atoms with van der Waals surface area (Å²) in [5.74, 6) is 0.887. The molecule has 1 aliphatic heterocycles. The number of para-hydroxylation sites is 1. The molecule has 4 atom stereocenters. The highest BCUT2D eigenvalue weighted by Gasteiger charge is 2.39. The number of hydrogen-bond acceptors (Lipinski definition) is 5. The molecule has 1 saturated heterocycles. The maximum Gasteiger partial charge on any atom is 0.243 e. The molecule has 7 nitrogen and oxygen atoms in total. The van der Waals surface area contributed by atoms with Crippen LogP contribution in [0.3, 0.4) is 0 Å². The third-order valence-electron chi connectivity index (χ3n) is 5.29. The summed E-state index contributed by atoms with van der Waals surface area (Å²) in [6.45, 7) is 3.08. The van der Waals surface area contributed by atoms with Crippen LogP contribution in [0.5, 0.6) is 0 Å². The van der Waals surface area contributed by atoms with E-state index < -0.39 is 10.0 Å². The van der Waals surface area contributed by atoms with Crippen LogP contribution < -0.4 is 15.6 Å². The molecule has 2 aromatic rings. The lowest BCUT2D eigenvalue weighted by atomic mass is 9.77. The Labute approximate surface area is 147 Å². The van der Waals surface area contributed by atoms with Crippen molar-refractivity contribution in [3.63, 3.8) is 0 Å². The van der Waals surface area contributed by atoms with Crippen molar-refractivity contribution < 1.29 is 8.42 Å². The molecule has 0 radical (unpaired) electrons. The van der Waals surface area contributed by atoms with Gasteiger partial charge in [0, 0.05) is 18.6 Å². The van der Waals surface area contributed by atoms with E-state index in [1.54, 1.807) is 10.9 Å². The first-order valence-corrected chi connectivity index (χ1v) is 10.1. The van der Waals surface area contributed by atoms with Gasteiger partial charge in [-0.1, -0.05) is 25.1 Å². The van der Waals surface area contributed by atoms with E-state index in [1.165, 1.54) is 6.20 Å². The fourth-order valence-corrected chi connectivity index (χ4v) is 5.11. The van der Waals surface area contributed by atoms with Gasteiger partial charge in [-0.05, 0) is 36.8 Å². The second-order valence-electron chi connectivity index (χ2n) is 7.02. The highest BCUT2D eigenvalue weighted by molar-refractivity contribution is 7.89. The van der Waals surface area contributed by atoms with Gasteiger partial charge in [0.15, 0.2) is 0 Å². The summed E-state index contributed by atoms with van der Waals surface area (Å²) in [5, 5.41) is 4.19. The van der Waals surface area contributed by atoms with Crippen molar-refractivity contribution in [3.8, 4) is 5.69 Å². The Kier molecular flexibility index (Phi) is 4.36. The minimum absolute atomic E-state index is 0.0706. The van der Waals surface area contributed by atoms with E-state index in [-0.39, 0.29) is 10.9 Å². The van der Waals surface area contributed by atoms with E-state index in [0.717, 1.165) is 25.1 Å². The number of hydrogen-bond donors (Lipinski definition) is 3. The highest BCUT2D eigenvalue weighted by Crippen LogP contribution is 2.31. The second-order valence-corrected chi connectivity index (χ2v) is 8.74. The van der Waals surface area contributed by atoms with Crippen molar-refractivity contribution in [2.24, 2.45) is 11.8 Å². The molecular formula is C17H23N5O2S. The van der Waals surface area contributed by atoms with Gasteiger partial charge in [-0.15, -0.1) is 0 Å². The topological polar surface area (TPSA) is 88.0 Å². The maximum atomic E-state index is 12.8. The Morgan fingerprint density at radius 2 is 2.04 bits per heavy atom. The van der Waals surface area contributed by atoms with Gasteiger partial charge in [0.2, 0.25) is 10.0 Å². The number of nitrogens with zero attached hydrogens (tertiary/aromatic N) is 2. The van der Waals surface area contributed by atoms with E-state index in [2.05, 4.69) is 27.6 Å². The molecule has 8 heteroatoms. The molecule has 1 aliphatic carbocycles. The van der Waals surface area contributed by atoms with Crippen molar-refractivity contribution in [3.05, 3.63) is 42.7 Å². The number of rotatable bonds is 4. The summed E-state index contributed by atoms with van der Waals surface area (Å²) in [4.78, 5) is 0.197. The Balaban J connectivity index is 1.51. The average Bonchev–Trinajstić information content (AvgIpc) is 3.25. The van der Waals surface area contributed by atoms with Crippen LogP contribution in [-0.2, 0) is 10.0 Å². The fraction of sp³-hybridized carbons (Fsp3) is 0.471. The van der Waals surface area contributed by atoms with Crippen LogP contribution in [0.2, 0.25) is 0 Å². The smallest absolute Gasteiger partial charge is 0.243 e. The SMILES string of the molecule is CC1CC2CNNC2CC1NS(=O)(=O)c1cnn(-c2ccccc2)c1. The first-order chi connectivity index (χ1) is 12.0. The molecule has 4 unspecified atom stereocenters. The molecule has 2 heterocycles. The zero-order valence-corrected chi connectivity index (χ0v) is 14.9. The van der Waals surface area contributed by atoms with Gasteiger partial charge in [0.1, 0.15) is 4.90 Å². The molecule has 3 N–H and O–H groups in total. The summed E-state index contributed by atoms with van der Waals surface area (Å²) >= 11 is 0. The number of benzene rings is 1. The van der Waals surface area contributed by atoms with Gasteiger partial charge in [0.05, 0.1) is 18.1 Å². The van der Waals surface area contributed by atoms with Gasteiger partial charge < -0.3 is 0 Å². The third-order valence-corrected chi connectivity index (χ3v) is 6.73. The molecule has 134 valence electrons. The maximum absolute atomic E-state index is 12.8. The standard InChI is InChI=1S/C17H23N5O2S/c1-12-7-13-9-18-20-17(13)8-16(12)21-25(23,24)15-10-19-22(11-15)14-5-3-2-4-6-14/h2-6,10-13,16-18,20-21H,7-9H2,1H3. The molecule has 4 rings (SSSR count). The van der Waals surface area contributed by atoms with Crippen molar-refractivity contribution >= 4 is 10.0 Å². The predicted octanol–water partition coefficient (Wildman–Crippen LogP) is 1.04. The lowest BCUT2D eigenvalue weighted by Gasteiger charge is -2.36. The summed E-state index contributed by atoms with van der Waals surface area (Å²) in [5.41, 5.74) is 7.27. The van der Waals surface area contributed by atoms with Gasteiger partial charge in [-0.2, -0.15) is 5.10 Å². The first kappa shape index (κ1) is 16.7. The number of hydrazine groups is 1. The van der Waals surface area contributed by atoms with Crippen LogP contribution in [0.15, 0.2) is 47.6 Å². The predicted molar refractivity (Wildman–Crippen MR) is 94.5 cm³/mol. The number of aromatic nitrogens is 2. The highest BCUT2D eigenvalue weighted by atomic mass is 32.2. The van der Waals surface area contributed by atoms with Gasteiger partial charge >= 0.3 is 0 Å². The lowest BCUT2D eigenvalue weighted by molar-refractivity contribution is 0.222. The monoisotopic (exact) mass is 361 g/mol. The summed E-state index contributed by atoms with van der Waals surface area (Å²) in [7, 11) is -3.59. The molecule has 1 aromatic heterocycles. The van der Waals surface area contributed by atoms with E-state index in [0.29, 0.717) is 17.9 Å². The molecular weight excluding hydrogens is 338 g/mol. The first-order valence-electron chi connectivity index (χ1n) is 8.64. The second kappa shape index (κ2) is 6.53. The lowest BCUT2D eigenvalue weighted by Crippen LogP contribution is -2.49. The van der Waals surface area contributed by atoms with E-state index in [1.807, 2.05) is 30.3 Å². The normalized spacial score (nSPS) is 29.5. The van der Waals surface area contributed by atoms with Crippen LogP contribution in [-0.4, -0.2) is 36.8 Å². The average molecular weight is 361 g/mol. The number of sulfonamides is 1. The van der Waals surface area contributed by atoms with Crippen molar-refractivity contribution in [2.75, 3.05) is 6.54 Å². The van der Waals surface area contributed by atoms with Crippen LogP contribution >= 0.6 is 0 Å². The molecule has 0 bridgehead atoms. The zero-order valence-electron chi connectivity index (χ0n) is 14.1. The van der Waals surface area contributed by atoms with Crippen molar-refractivity contribution in [2.45, 2.75) is 36.7 Å². The summed E-state index contributed by atoms with van der Waals surface area (Å²) in [6, 6.07) is 9.74. The van der Waals surface area contributed by atoms with Gasteiger partial charge in [-0.3, -0.25) is 10.9 Å². The molecule has 25 heavy (non-hydrogen) atoms. The van der Waals surface area contributed by atoms with Crippen LogP contribution in [0, 0.1) is 11.8 Å². The van der Waals surface area contributed by atoms with E-state index in [9.17, 15) is 8.42 Å². The number of nitrogens with one attached hydrogen (secondary N) is 3. The Morgan fingerprint density at radius 3 is 2.84 bits per heavy atom. The van der Waals surface area contributed by atoms with Crippen LogP contribution in [0.25, 0.3) is 5.69 Å². The Bertz CT molecular complexity index is 836. The largest absolute Gasteiger partial charge is 0.257 e. The zero-order chi connectivity index (χ0) is 17.4. The molecule has 0 amide bonds. The van der Waals surface area contributed by atoms with Crippen molar-refractivity contribution in [1.29, 1.82) is 0 Å². The third kappa shape index (κ3) is 3.35. The molecule has 2 aliphatic rings. The molecule has 0 spiro atoms. The van der Waals surface area contributed by atoms with E-state index in [4.69, 9.17) is 0 Å². The van der Waals surface area contributed by atoms with Crippen LogP contribution in [0.4, 0.5) is 0 Å². The molecule has 1 saturated carbocycles. The summed E-state index contributed by atoms with van der Waals surface area (Å²) in [6.07, 6.45) is 4.77. The van der Waals surface area contributed by atoms with Crippen LogP contribution in [0.1, 0.15) is 19.8 Å².